The molecular formula is C26H19NO2. The number of ether oxygens (including phenoxy) is 1. The highest BCUT2D eigenvalue weighted by molar-refractivity contribution is 6.07. The van der Waals surface area contributed by atoms with Crippen molar-refractivity contribution >= 4 is 11.6 Å². The average molecular weight is 377 g/mol. The van der Waals surface area contributed by atoms with Gasteiger partial charge in [0.15, 0.2) is 5.75 Å². The van der Waals surface area contributed by atoms with Crippen LogP contribution in [0.5, 0.6) is 11.5 Å². The summed E-state index contributed by atoms with van der Waals surface area (Å²) in [5, 5.41) is 0. The molecule has 0 aromatic heterocycles. The molecule has 0 spiro atoms. The molecule has 3 nitrogen and oxygen atoms in total. The van der Waals surface area contributed by atoms with Gasteiger partial charge in [-0.05, 0) is 41.5 Å². The molecule has 0 N–H and O–H groups in total. The van der Waals surface area contributed by atoms with Crippen LogP contribution in [-0.2, 0) is 6.54 Å². The molecule has 1 aliphatic rings. The fraction of sp³-hybridized carbons (Fsp3) is 0.0385. The molecule has 1 amide bonds. The molecule has 0 atom stereocenters. The Hall–Kier alpha value is -3.85. The number of fused-ring (bicyclic) bond motifs is 2. The van der Waals surface area contributed by atoms with E-state index in [4.69, 9.17) is 4.74 Å². The summed E-state index contributed by atoms with van der Waals surface area (Å²) in [5.74, 6) is 1.43. The van der Waals surface area contributed by atoms with E-state index in [2.05, 4.69) is 12.1 Å². The molecule has 0 aliphatic carbocycles. The number of carbonyl (C=O) groups is 1. The first kappa shape index (κ1) is 17.3. The number of benzene rings is 4. The Labute approximate surface area is 169 Å². The van der Waals surface area contributed by atoms with E-state index >= 15 is 0 Å². The monoisotopic (exact) mass is 377 g/mol. The lowest BCUT2D eigenvalue weighted by atomic mass is 10.0. The van der Waals surface area contributed by atoms with E-state index in [0.29, 0.717) is 17.9 Å². The zero-order chi connectivity index (χ0) is 19.6. The third-order valence-electron chi connectivity index (χ3n) is 5.16. The van der Waals surface area contributed by atoms with E-state index in [-0.39, 0.29) is 5.91 Å². The zero-order valence-electron chi connectivity index (χ0n) is 15.8. The number of hydrogen-bond donors (Lipinski definition) is 0. The Morgan fingerprint density at radius 3 is 2.07 bits per heavy atom. The minimum absolute atomic E-state index is 0.0441. The third kappa shape index (κ3) is 3.27. The summed E-state index contributed by atoms with van der Waals surface area (Å²) in [6.07, 6.45) is 0. The summed E-state index contributed by atoms with van der Waals surface area (Å²) < 4.78 is 6.10. The number of hydrogen-bond acceptors (Lipinski definition) is 2. The topological polar surface area (TPSA) is 29.5 Å². The quantitative estimate of drug-likeness (QED) is 0.410. The number of nitrogens with zero attached hydrogens (tertiary/aromatic N) is 1. The van der Waals surface area contributed by atoms with Crippen molar-refractivity contribution < 1.29 is 9.53 Å². The molecular weight excluding hydrogens is 358 g/mol. The van der Waals surface area contributed by atoms with Crippen LogP contribution < -0.4 is 9.64 Å². The van der Waals surface area contributed by atoms with Gasteiger partial charge in [-0.25, -0.2) is 0 Å². The summed E-state index contributed by atoms with van der Waals surface area (Å²) in [6.45, 7) is 0.465. The van der Waals surface area contributed by atoms with Crippen LogP contribution in [0, 0.1) is 0 Å². The largest absolute Gasteiger partial charge is 0.455 e. The third-order valence-corrected chi connectivity index (χ3v) is 5.16. The number of para-hydroxylation sites is 3. The Kier molecular flexibility index (Phi) is 4.34. The standard InChI is InChI=1S/C26H19NO2/c28-26(21-16-14-20(15-17-21)19-8-2-1-3-9-19)27-18-22-10-4-6-12-24(22)29-25-13-7-5-11-23(25)27/h1-17H,18H2. The number of anilines is 1. The van der Waals surface area contributed by atoms with E-state index in [1.54, 1.807) is 4.90 Å². The van der Waals surface area contributed by atoms with Gasteiger partial charge in [0.25, 0.3) is 5.91 Å². The van der Waals surface area contributed by atoms with Crippen molar-refractivity contribution in [3.8, 4) is 22.6 Å². The fourth-order valence-corrected chi connectivity index (χ4v) is 3.65. The van der Waals surface area contributed by atoms with Gasteiger partial charge in [-0.3, -0.25) is 4.79 Å². The maximum absolute atomic E-state index is 13.4. The molecule has 1 heterocycles. The van der Waals surface area contributed by atoms with Gasteiger partial charge in [0.05, 0.1) is 12.2 Å². The Bertz CT molecular complexity index is 1170. The van der Waals surface area contributed by atoms with Gasteiger partial charge < -0.3 is 9.64 Å². The first-order chi connectivity index (χ1) is 14.3. The molecule has 0 saturated heterocycles. The number of carbonyl (C=O) groups excluding carboxylic acids is 1. The van der Waals surface area contributed by atoms with Crippen molar-refractivity contribution in [3.05, 3.63) is 114 Å². The SMILES string of the molecule is O=C(c1ccc(-c2ccccc2)cc1)N1Cc2ccccc2Oc2ccccc21. The summed E-state index contributed by atoms with van der Waals surface area (Å²) in [5.41, 5.74) is 4.64. The Morgan fingerprint density at radius 1 is 0.655 bits per heavy atom. The van der Waals surface area contributed by atoms with Crippen LogP contribution in [0.2, 0.25) is 0 Å². The summed E-state index contributed by atoms with van der Waals surface area (Å²) in [6, 6.07) is 33.5. The highest BCUT2D eigenvalue weighted by Gasteiger charge is 2.25. The van der Waals surface area contributed by atoms with Gasteiger partial charge in [-0.15, -0.1) is 0 Å². The molecule has 5 rings (SSSR count). The maximum atomic E-state index is 13.4. The highest BCUT2D eigenvalue weighted by atomic mass is 16.5. The average Bonchev–Trinajstić information content (AvgIpc) is 2.96. The lowest BCUT2D eigenvalue weighted by Gasteiger charge is -2.22. The number of rotatable bonds is 2. The predicted octanol–water partition coefficient (Wildman–Crippen LogP) is 6.31. The molecule has 0 saturated carbocycles. The van der Waals surface area contributed by atoms with Crippen LogP contribution in [0.4, 0.5) is 5.69 Å². The van der Waals surface area contributed by atoms with Gasteiger partial charge in [0, 0.05) is 11.1 Å². The Balaban J connectivity index is 1.52. The van der Waals surface area contributed by atoms with Crippen LogP contribution >= 0.6 is 0 Å². The molecule has 0 bridgehead atoms. The van der Waals surface area contributed by atoms with E-state index in [1.807, 2.05) is 91.0 Å². The second-order valence-electron chi connectivity index (χ2n) is 7.01. The predicted molar refractivity (Wildman–Crippen MR) is 115 cm³/mol. The molecule has 0 unspecified atom stereocenters. The van der Waals surface area contributed by atoms with Crippen molar-refractivity contribution in [3.63, 3.8) is 0 Å². The van der Waals surface area contributed by atoms with Gasteiger partial charge in [-0.1, -0.05) is 72.8 Å². The van der Waals surface area contributed by atoms with Crippen molar-refractivity contribution in [2.45, 2.75) is 6.54 Å². The molecule has 0 fully saturated rings. The van der Waals surface area contributed by atoms with Gasteiger partial charge >= 0.3 is 0 Å². The van der Waals surface area contributed by atoms with Crippen LogP contribution in [0.3, 0.4) is 0 Å². The summed E-state index contributed by atoms with van der Waals surface area (Å²) >= 11 is 0. The van der Waals surface area contributed by atoms with E-state index in [9.17, 15) is 4.79 Å². The molecule has 1 aliphatic heterocycles. The summed E-state index contributed by atoms with van der Waals surface area (Å²) in [4.78, 5) is 15.2. The minimum Gasteiger partial charge on any atom is -0.455 e. The van der Waals surface area contributed by atoms with E-state index < -0.39 is 0 Å². The first-order valence-corrected chi connectivity index (χ1v) is 9.62. The van der Waals surface area contributed by atoms with E-state index in [0.717, 1.165) is 28.1 Å². The van der Waals surface area contributed by atoms with Crippen molar-refractivity contribution in [1.29, 1.82) is 0 Å². The van der Waals surface area contributed by atoms with E-state index in [1.165, 1.54) is 0 Å². The van der Waals surface area contributed by atoms with Crippen LogP contribution in [0.15, 0.2) is 103 Å². The fourth-order valence-electron chi connectivity index (χ4n) is 3.65. The molecule has 29 heavy (non-hydrogen) atoms. The second kappa shape index (κ2) is 7.28. The zero-order valence-corrected chi connectivity index (χ0v) is 15.8. The van der Waals surface area contributed by atoms with Crippen molar-refractivity contribution in [1.82, 2.24) is 0 Å². The molecule has 4 aromatic carbocycles. The first-order valence-electron chi connectivity index (χ1n) is 9.62. The molecule has 3 heteroatoms. The van der Waals surface area contributed by atoms with Gasteiger partial charge in [-0.2, -0.15) is 0 Å². The van der Waals surface area contributed by atoms with Gasteiger partial charge in [0.2, 0.25) is 0 Å². The number of amides is 1. The lowest BCUT2D eigenvalue weighted by Crippen LogP contribution is -2.29. The highest BCUT2D eigenvalue weighted by Crippen LogP contribution is 2.39. The smallest absolute Gasteiger partial charge is 0.258 e. The minimum atomic E-state index is -0.0441. The van der Waals surface area contributed by atoms with Crippen molar-refractivity contribution in [2.75, 3.05) is 4.90 Å². The molecule has 0 radical (unpaired) electrons. The van der Waals surface area contributed by atoms with Crippen LogP contribution in [-0.4, -0.2) is 5.91 Å². The molecule has 4 aromatic rings. The second-order valence-corrected chi connectivity index (χ2v) is 7.01. The van der Waals surface area contributed by atoms with Crippen LogP contribution in [0.1, 0.15) is 15.9 Å². The lowest BCUT2D eigenvalue weighted by molar-refractivity contribution is 0.0985. The van der Waals surface area contributed by atoms with Gasteiger partial charge in [0.1, 0.15) is 5.75 Å². The molecule has 140 valence electrons. The summed E-state index contributed by atoms with van der Waals surface area (Å²) in [7, 11) is 0. The Morgan fingerprint density at radius 2 is 1.28 bits per heavy atom. The van der Waals surface area contributed by atoms with Crippen molar-refractivity contribution in [2.24, 2.45) is 0 Å². The normalized spacial score (nSPS) is 12.3. The van der Waals surface area contributed by atoms with Crippen LogP contribution in [0.25, 0.3) is 11.1 Å². The maximum Gasteiger partial charge on any atom is 0.258 e.